The monoisotopic (exact) mass is 218 g/mol. The molecule has 0 heterocycles. The van der Waals surface area contributed by atoms with Gasteiger partial charge in [0.25, 0.3) is 0 Å². The normalized spacial score (nSPS) is 10.2. The molecule has 2 rings (SSSR count). The molecule has 0 unspecified atom stereocenters. The van der Waals surface area contributed by atoms with Gasteiger partial charge in [0.1, 0.15) is 0 Å². The Morgan fingerprint density at radius 2 is 1.19 bits per heavy atom. The van der Waals surface area contributed by atoms with E-state index in [-0.39, 0.29) is 5.56 Å². The van der Waals surface area contributed by atoms with Gasteiger partial charge in [0, 0.05) is 6.07 Å². The topological polar surface area (TPSA) is 80.9 Å². The molecule has 4 nitrogen and oxygen atoms in total. The Bertz CT molecular complexity index is 494. The molecule has 2 aromatic carbocycles. The number of benzene rings is 2. The van der Waals surface area contributed by atoms with Gasteiger partial charge in [-0.2, -0.15) is 0 Å². The standard InChI is InChI=1S/C12H10O4/c13-8-6-9(14)12(16)10(11(8)15)7-4-2-1-3-5-7/h1-6,13-16H. The molecule has 0 aliphatic heterocycles. The Hall–Kier alpha value is -2.36. The fourth-order valence-electron chi connectivity index (χ4n) is 1.51. The summed E-state index contributed by atoms with van der Waals surface area (Å²) < 4.78 is 0. The van der Waals surface area contributed by atoms with E-state index in [1.807, 2.05) is 0 Å². The average Bonchev–Trinajstić information content (AvgIpc) is 2.28. The highest BCUT2D eigenvalue weighted by atomic mass is 16.3. The number of hydrogen-bond acceptors (Lipinski definition) is 4. The summed E-state index contributed by atoms with van der Waals surface area (Å²) in [4.78, 5) is 0. The van der Waals surface area contributed by atoms with Gasteiger partial charge in [-0.05, 0) is 5.56 Å². The summed E-state index contributed by atoms with van der Waals surface area (Å²) in [7, 11) is 0. The third kappa shape index (κ3) is 1.50. The van der Waals surface area contributed by atoms with Gasteiger partial charge in [-0.25, -0.2) is 0 Å². The van der Waals surface area contributed by atoms with Crippen LogP contribution in [0.25, 0.3) is 11.1 Å². The van der Waals surface area contributed by atoms with Gasteiger partial charge < -0.3 is 20.4 Å². The summed E-state index contributed by atoms with van der Waals surface area (Å²) in [6, 6.07) is 9.39. The van der Waals surface area contributed by atoms with Crippen molar-refractivity contribution in [3.8, 4) is 34.1 Å². The number of phenolic OH excluding ortho intramolecular Hbond substituents is 4. The molecule has 4 N–H and O–H groups in total. The van der Waals surface area contributed by atoms with Gasteiger partial charge in [0.15, 0.2) is 23.0 Å². The van der Waals surface area contributed by atoms with Crippen LogP contribution in [-0.2, 0) is 0 Å². The second kappa shape index (κ2) is 3.66. The summed E-state index contributed by atoms with van der Waals surface area (Å²) in [6.45, 7) is 0. The lowest BCUT2D eigenvalue weighted by atomic mass is 10.0. The predicted molar refractivity (Wildman–Crippen MR) is 58.5 cm³/mol. The van der Waals surface area contributed by atoms with E-state index in [0.717, 1.165) is 6.07 Å². The van der Waals surface area contributed by atoms with Crippen molar-refractivity contribution in [1.82, 2.24) is 0 Å². The van der Waals surface area contributed by atoms with Crippen LogP contribution in [0.15, 0.2) is 36.4 Å². The first-order valence-corrected chi connectivity index (χ1v) is 4.63. The molecule has 4 heteroatoms. The first-order valence-electron chi connectivity index (χ1n) is 4.63. The number of aromatic hydroxyl groups is 4. The zero-order valence-corrected chi connectivity index (χ0v) is 8.25. The molecule has 0 aliphatic rings. The highest BCUT2D eigenvalue weighted by Gasteiger charge is 2.17. The maximum Gasteiger partial charge on any atom is 0.169 e. The lowest BCUT2D eigenvalue weighted by molar-refractivity contribution is 0.375. The summed E-state index contributed by atoms with van der Waals surface area (Å²) in [5.41, 5.74) is 0.516. The van der Waals surface area contributed by atoms with Crippen LogP contribution >= 0.6 is 0 Å². The van der Waals surface area contributed by atoms with Gasteiger partial charge in [-0.3, -0.25) is 0 Å². The Morgan fingerprint density at radius 1 is 0.688 bits per heavy atom. The van der Waals surface area contributed by atoms with E-state index in [0.29, 0.717) is 5.56 Å². The van der Waals surface area contributed by atoms with E-state index in [9.17, 15) is 20.4 Å². The van der Waals surface area contributed by atoms with E-state index in [2.05, 4.69) is 0 Å². The van der Waals surface area contributed by atoms with Crippen molar-refractivity contribution in [3.05, 3.63) is 36.4 Å². The predicted octanol–water partition coefficient (Wildman–Crippen LogP) is 2.18. The zero-order chi connectivity index (χ0) is 11.7. The van der Waals surface area contributed by atoms with E-state index < -0.39 is 23.0 Å². The van der Waals surface area contributed by atoms with Gasteiger partial charge >= 0.3 is 0 Å². The van der Waals surface area contributed by atoms with Crippen molar-refractivity contribution < 1.29 is 20.4 Å². The maximum atomic E-state index is 9.64. The van der Waals surface area contributed by atoms with Crippen molar-refractivity contribution in [2.45, 2.75) is 0 Å². The number of hydrogen-bond donors (Lipinski definition) is 4. The molecule has 0 atom stereocenters. The Balaban J connectivity index is 2.74. The molecule has 0 aromatic heterocycles. The van der Waals surface area contributed by atoms with Gasteiger partial charge in [-0.15, -0.1) is 0 Å². The summed E-state index contributed by atoms with van der Waals surface area (Å²) in [5, 5.41) is 38.0. The number of phenols is 4. The van der Waals surface area contributed by atoms with Crippen LogP contribution in [0.4, 0.5) is 0 Å². The molecule has 2 aromatic rings. The van der Waals surface area contributed by atoms with Crippen molar-refractivity contribution in [2.24, 2.45) is 0 Å². The SMILES string of the molecule is Oc1cc(O)c(O)c(-c2ccccc2)c1O. The first kappa shape index (κ1) is 10.2. The Morgan fingerprint density at radius 3 is 1.69 bits per heavy atom. The van der Waals surface area contributed by atoms with Gasteiger partial charge in [0.2, 0.25) is 0 Å². The van der Waals surface area contributed by atoms with Crippen LogP contribution < -0.4 is 0 Å². The summed E-state index contributed by atoms with van der Waals surface area (Å²) in [5.74, 6) is -1.87. The quantitative estimate of drug-likeness (QED) is 0.437. The zero-order valence-electron chi connectivity index (χ0n) is 8.25. The molecule has 0 spiro atoms. The van der Waals surface area contributed by atoms with Crippen LogP contribution in [0.5, 0.6) is 23.0 Å². The molecular weight excluding hydrogens is 208 g/mol. The molecule has 0 aliphatic carbocycles. The summed E-state index contributed by atoms with van der Waals surface area (Å²) >= 11 is 0. The fraction of sp³-hybridized carbons (Fsp3) is 0. The van der Waals surface area contributed by atoms with E-state index >= 15 is 0 Å². The lowest BCUT2D eigenvalue weighted by Gasteiger charge is -2.10. The van der Waals surface area contributed by atoms with Gasteiger partial charge in [0.05, 0.1) is 5.56 Å². The highest BCUT2D eigenvalue weighted by molar-refractivity contribution is 5.81. The van der Waals surface area contributed by atoms with E-state index in [1.54, 1.807) is 30.3 Å². The smallest absolute Gasteiger partial charge is 0.169 e. The van der Waals surface area contributed by atoms with Crippen LogP contribution in [-0.4, -0.2) is 20.4 Å². The highest BCUT2D eigenvalue weighted by Crippen LogP contribution is 2.47. The second-order valence-electron chi connectivity index (χ2n) is 3.35. The molecule has 0 bridgehead atoms. The van der Waals surface area contributed by atoms with Crippen molar-refractivity contribution in [3.63, 3.8) is 0 Å². The van der Waals surface area contributed by atoms with Crippen LogP contribution in [0.1, 0.15) is 0 Å². The van der Waals surface area contributed by atoms with Crippen LogP contribution in [0.3, 0.4) is 0 Å². The largest absolute Gasteiger partial charge is 0.504 e. The minimum Gasteiger partial charge on any atom is -0.504 e. The van der Waals surface area contributed by atoms with Gasteiger partial charge in [-0.1, -0.05) is 30.3 Å². The number of rotatable bonds is 1. The maximum absolute atomic E-state index is 9.64. The minimum absolute atomic E-state index is 0.0121. The fourth-order valence-corrected chi connectivity index (χ4v) is 1.51. The average molecular weight is 218 g/mol. The van der Waals surface area contributed by atoms with E-state index in [4.69, 9.17) is 0 Å². The van der Waals surface area contributed by atoms with Crippen LogP contribution in [0, 0.1) is 0 Å². The van der Waals surface area contributed by atoms with Crippen molar-refractivity contribution >= 4 is 0 Å². The lowest BCUT2D eigenvalue weighted by Crippen LogP contribution is -1.82. The molecule has 0 saturated heterocycles. The van der Waals surface area contributed by atoms with E-state index in [1.165, 1.54) is 0 Å². The van der Waals surface area contributed by atoms with Crippen molar-refractivity contribution in [2.75, 3.05) is 0 Å². The van der Waals surface area contributed by atoms with Crippen molar-refractivity contribution in [1.29, 1.82) is 0 Å². The third-order valence-corrected chi connectivity index (χ3v) is 2.29. The molecule has 82 valence electrons. The molecule has 0 amide bonds. The summed E-state index contributed by atoms with van der Waals surface area (Å²) in [6.07, 6.45) is 0. The Kier molecular flexibility index (Phi) is 2.32. The third-order valence-electron chi connectivity index (χ3n) is 2.29. The minimum atomic E-state index is -0.478. The van der Waals surface area contributed by atoms with Crippen LogP contribution in [0.2, 0.25) is 0 Å². The molecular formula is C12H10O4. The molecule has 16 heavy (non-hydrogen) atoms. The molecule has 0 saturated carbocycles. The Labute approximate surface area is 91.7 Å². The first-order chi connectivity index (χ1) is 7.61. The molecule has 0 fully saturated rings. The second-order valence-corrected chi connectivity index (χ2v) is 3.35. The molecule has 0 radical (unpaired) electrons.